The second-order valence-electron chi connectivity index (χ2n) is 15.7. The summed E-state index contributed by atoms with van der Waals surface area (Å²) < 4.78 is 7.67. The Morgan fingerprint density at radius 1 is 1.04 bits per heavy atom. The van der Waals surface area contributed by atoms with Crippen molar-refractivity contribution >= 4 is 52.2 Å². The molecule has 1 aliphatic carbocycles. The maximum atomic E-state index is 12.3. The number of likely N-dealkylation sites (tertiary alicyclic amines) is 1. The van der Waals surface area contributed by atoms with E-state index in [1.54, 1.807) is 6.07 Å². The lowest BCUT2D eigenvalue weighted by Gasteiger charge is -2.52. The van der Waals surface area contributed by atoms with Crippen LogP contribution in [0.3, 0.4) is 0 Å². The molecule has 4 aliphatic rings. The van der Waals surface area contributed by atoms with E-state index < -0.39 is 11.8 Å². The molecule has 1 spiro atoms. The van der Waals surface area contributed by atoms with Gasteiger partial charge in [-0.2, -0.15) is 0 Å². The molecule has 1 unspecified atom stereocenters. The fourth-order valence-corrected chi connectivity index (χ4v) is 9.55. The molecule has 9 rings (SSSR count). The minimum Gasteiger partial charge on any atom is -0.493 e. The van der Waals surface area contributed by atoms with Gasteiger partial charge in [0.05, 0.1) is 30.1 Å². The van der Waals surface area contributed by atoms with Crippen LogP contribution < -0.4 is 26.0 Å². The number of ether oxygens (including phenoxy) is 1. The zero-order valence-electron chi connectivity index (χ0n) is 31.3. The number of carbonyl (C=O) groups excluding carboxylic acids is 3. The molecule has 0 bridgehead atoms. The zero-order valence-corrected chi connectivity index (χ0v) is 32.0. The topological polar surface area (TPSA) is 160 Å². The molecule has 4 N–H and O–H groups in total. The van der Waals surface area contributed by atoms with Crippen molar-refractivity contribution in [3.8, 4) is 17.0 Å². The van der Waals surface area contributed by atoms with Crippen LogP contribution in [0, 0.1) is 11.3 Å². The summed E-state index contributed by atoms with van der Waals surface area (Å²) in [7, 11) is 1.82. The number of pyridine rings is 1. The van der Waals surface area contributed by atoms with Gasteiger partial charge in [0, 0.05) is 55.1 Å². The number of fused-ring (bicyclic) bond motifs is 2. The summed E-state index contributed by atoms with van der Waals surface area (Å²) in [5.74, 6) is 0.435. The molecule has 3 aromatic heterocycles. The Bertz CT molecular complexity index is 2350. The SMILES string of the molecule is CNc1cc(N2CCc3c(-c4ccc(CN5CCC6(CC5)CC(COc5ccc(C7CCC(=O)NC7=O)c(Cl)c5)C6)cn4)cccc32)nn2c(C(N)=O)cnc12. The summed E-state index contributed by atoms with van der Waals surface area (Å²) in [4.78, 5) is 49.9. The molecule has 5 aromatic rings. The number of carbonyl (C=O) groups is 3. The van der Waals surface area contributed by atoms with E-state index >= 15 is 0 Å². The molecule has 3 fully saturated rings. The fourth-order valence-electron chi connectivity index (χ4n) is 9.25. The number of piperidine rings is 2. The van der Waals surface area contributed by atoms with Crippen LogP contribution in [0.25, 0.3) is 16.9 Å². The van der Waals surface area contributed by atoms with Crippen molar-refractivity contribution in [3.63, 3.8) is 0 Å². The molecule has 288 valence electrons. The Hall–Kier alpha value is -5.53. The number of imidazole rings is 1. The lowest BCUT2D eigenvalue weighted by atomic mass is 9.58. The van der Waals surface area contributed by atoms with E-state index in [9.17, 15) is 14.4 Å². The predicted octanol–water partition coefficient (Wildman–Crippen LogP) is 5.87. The fraction of sp³-hybridized carbons (Fsp3) is 0.381. The molecule has 1 atom stereocenters. The van der Waals surface area contributed by atoms with Gasteiger partial charge in [-0.1, -0.05) is 35.9 Å². The third-order valence-electron chi connectivity index (χ3n) is 12.2. The number of anilines is 3. The third-order valence-corrected chi connectivity index (χ3v) is 12.5. The Kier molecular flexibility index (Phi) is 9.37. The number of rotatable bonds is 10. The zero-order chi connectivity index (χ0) is 38.6. The Balaban J connectivity index is 0.780. The first-order valence-corrected chi connectivity index (χ1v) is 19.7. The summed E-state index contributed by atoms with van der Waals surface area (Å²) in [6.07, 6.45) is 9.85. The second kappa shape index (κ2) is 14.5. The highest BCUT2D eigenvalue weighted by molar-refractivity contribution is 6.32. The summed E-state index contributed by atoms with van der Waals surface area (Å²) >= 11 is 6.55. The van der Waals surface area contributed by atoms with E-state index in [4.69, 9.17) is 32.2 Å². The summed E-state index contributed by atoms with van der Waals surface area (Å²) in [6, 6.07) is 18.1. The quantitative estimate of drug-likeness (QED) is 0.147. The van der Waals surface area contributed by atoms with E-state index in [-0.39, 0.29) is 17.5 Å². The number of nitrogens with two attached hydrogens (primary N) is 1. The van der Waals surface area contributed by atoms with Crippen molar-refractivity contribution in [2.75, 3.05) is 43.5 Å². The highest BCUT2D eigenvalue weighted by Crippen LogP contribution is 2.53. The number of imide groups is 1. The first-order chi connectivity index (χ1) is 27.2. The molecule has 2 saturated heterocycles. The van der Waals surface area contributed by atoms with Crippen LogP contribution in [0.1, 0.15) is 71.6 Å². The van der Waals surface area contributed by atoms with Gasteiger partial charge in [-0.15, -0.1) is 5.10 Å². The lowest BCUT2D eigenvalue weighted by Crippen LogP contribution is -2.48. The summed E-state index contributed by atoms with van der Waals surface area (Å²) in [6.45, 7) is 4.44. The van der Waals surface area contributed by atoms with E-state index in [1.807, 2.05) is 31.4 Å². The Morgan fingerprint density at radius 2 is 1.88 bits per heavy atom. The van der Waals surface area contributed by atoms with Gasteiger partial charge in [-0.05, 0) is 104 Å². The summed E-state index contributed by atoms with van der Waals surface area (Å²) in [5, 5.41) is 10.9. The molecule has 13 nitrogen and oxygen atoms in total. The first-order valence-electron chi connectivity index (χ1n) is 19.4. The molecule has 3 aliphatic heterocycles. The maximum Gasteiger partial charge on any atom is 0.269 e. The number of aromatic nitrogens is 4. The number of nitrogens with zero attached hydrogens (tertiary/aromatic N) is 6. The van der Waals surface area contributed by atoms with Gasteiger partial charge in [-0.3, -0.25) is 29.6 Å². The minimum absolute atomic E-state index is 0.233. The van der Waals surface area contributed by atoms with Crippen molar-refractivity contribution in [1.82, 2.24) is 29.8 Å². The monoisotopic (exact) mass is 773 g/mol. The number of hydrogen-bond acceptors (Lipinski definition) is 10. The van der Waals surface area contributed by atoms with Gasteiger partial charge in [0.1, 0.15) is 11.4 Å². The highest BCUT2D eigenvalue weighted by atomic mass is 35.5. The predicted molar refractivity (Wildman–Crippen MR) is 213 cm³/mol. The van der Waals surface area contributed by atoms with Gasteiger partial charge in [-0.25, -0.2) is 9.50 Å². The van der Waals surface area contributed by atoms with Crippen molar-refractivity contribution in [3.05, 3.63) is 94.4 Å². The van der Waals surface area contributed by atoms with E-state index in [0.717, 1.165) is 60.8 Å². The molecule has 0 radical (unpaired) electrons. The van der Waals surface area contributed by atoms with Crippen molar-refractivity contribution in [2.45, 2.75) is 57.4 Å². The molecule has 1 saturated carbocycles. The largest absolute Gasteiger partial charge is 0.493 e. The smallest absolute Gasteiger partial charge is 0.269 e. The Morgan fingerprint density at radius 3 is 2.61 bits per heavy atom. The molecule has 2 aromatic carbocycles. The average molecular weight is 774 g/mol. The number of primary amides is 1. The third kappa shape index (κ3) is 6.72. The molecule has 14 heteroatoms. The van der Waals surface area contributed by atoms with E-state index in [0.29, 0.717) is 53.0 Å². The molecule has 6 heterocycles. The van der Waals surface area contributed by atoms with Gasteiger partial charge < -0.3 is 20.7 Å². The highest BCUT2D eigenvalue weighted by Gasteiger charge is 2.46. The number of benzene rings is 2. The molecular formula is C42H44ClN9O4. The van der Waals surface area contributed by atoms with Gasteiger partial charge >= 0.3 is 0 Å². The van der Waals surface area contributed by atoms with Crippen molar-refractivity contribution in [2.24, 2.45) is 17.1 Å². The standard InChI is InChI=1S/C42H44ClN9O4/c1-45-34-18-37(49-52-36(39(44)54)22-47-40(34)52)51-14-11-30-29(3-2-4-35(30)51)33-9-5-25(21-46-33)23-50-15-12-42(13-16-50)19-26(20-42)24-56-27-6-7-28(32(43)17-27)31-8-10-38(53)48-41(31)55/h2-7,9,17-18,21-22,26,31,45H,8,10-16,19-20,23-24H2,1H3,(H2,44,54)(H,48,53,55). The van der Waals surface area contributed by atoms with Gasteiger partial charge in [0.2, 0.25) is 11.8 Å². The van der Waals surface area contributed by atoms with Gasteiger partial charge in [0.25, 0.3) is 5.91 Å². The number of halogens is 1. The number of nitrogens with one attached hydrogen (secondary N) is 2. The molecular weight excluding hydrogens is 730 g/mol. The number of amides is 3. The van der Waals surface area contributed by atoms with Crippen LogP contribution >= 0.6 is 11.6 Å². The molecule has 3 amide bonds. The Labute approximate surface area is 329 Å². The molecule has 56 heavy (non-hydrogen) atoms. The van der Waals surface area contributed by atoms with Crippen LogP contribution in [0.2, 0.25) is 5.02 Å². The normalized spacial score (nSPS) is 19.5. The average Bonchev–Trinajstić information content (AvgIpc) is 3.82. The first kappa shape index (κ1) is 36.1. The van der Waals surface area contributed by atoms with Crippen molar-refractivity contribution in [1.29, 1.82) is 0 Å². The van der Waals surface area contributed by atoms with E-state index in [2.05, 4.69) is 55.7 Å². The van der Waals surface area contributed by atoms with Crippen LogP contribution in [0.5, 0.6) is 5.75 Å². The van der Waals surface area contributed by atoms with Crippen molar-refractivity contribution < 1.29 is 19.1 Å². The number of hydrogen-bond donors (Lipinski definition) is 3. The van der Waals surface area contributed by atoms with Crippen LogP contribution in [0.15, 0.2) is 67.0 Å². The maximum absolute atomic E-state index is 12.3. The van der Waals surface area contributed by atoms with Gasteiger partial charge in [0.15, 0.2) is 11.5 Å². The minimum atomic E-state index is -0.580. The second-order valence-corrected chi connectivity index (χ2v) is 16.1. The summed E-state index contributed by atoms with van der Waals surface area (Å²) in [5.41, 5.74) is 13.9. The van der Waals surface area contributed by atoms with Crippen LogP contribution in [-0.2, 0) is 22.6 Å². The lowest BCUT2D eigenvalue weighted by molar-refractivity contribution is -0.134. The van der Waals surface area contributed by atoms with Crippen LogP contribution in [-0.4, -0.2) is 75.5 Å². The van der Waals surface area contributed by atoms with E-state index in [1.165, 1.54) is 47.5 Å². The van der Waals surface area contributed by atoms with Crippen LogP contribution in [0.4, 0.5) is 17.2 Å².